The van der Waals surface area contributed by atoms with Crippen molar-refractivity contribution >= 4 is 34.8 Å². The second-order valence-electron chi connectivity index (χ2n) is 14.4. The molecule has 0 bridgehead atoms. The van der Waals surface area contributed by atoms with E-state index in [0.717, 1.165) is 95.9 Å². The van der Waals surface area contributed by atoms with E-state index in [1.54, 1.807) is 6.07 Å². The van der Waals surface area contributed by atoms with E-state index in [0.29, 0.717) is 17.5 Å². The summed E-state index contributed by atoms with van der Waals surface area (Å²) < 4.78 is 16.5. The van der Waals surface area contributed by atoms with Crippen LogP contribution in [0.4, 0.5) is 21.5 Å². The number of unbranched alkanes of at least 4 members (excludes halogenated alkanes) is 2. The molecule has 5 heteroatoms. The molecule has 2 N–H and O–H groups in total. The normalized spacial score (nSPS) is 18.4. The summed E-state index contributed by atoms with van der Waals surface area (Å²) in [5.41, 5.74) is 10.5. The molecule has 2 atom stereocenters. The van der Waals surface area contributed by atoms with Crippen molar-refractivity contribution in [1.29, 1.82) is 0 Å². The van der Waals surface area contributed by atoms with Crippen LogP contribution in [0.2, 0.25) is 0 Å². The van der Waals surface area contributed by atoms with Crippen molar-refractivity contribution in [2.75, 3.05) is 42.9 Å². The van der Waals surface area contributed by atoms with E-state index >= 15 is 4.39 Å². The zero-order valence-corrected chi connectivity index (χ0v) is 30.4. The van der Waals surface area contributed by atoms with Gasteiger partial charge >= 0.3 is 0 Å². The standard InChI is InChI=1S/C43H59FN4/c1-9-13-16-29(5)17-20-45-32(8)38-28-48-40-25-35(15-11-3)34(12-4)24-36(40)31(7)41-42(39(44)26-37(30(38)6)43(41)48)46-27-33-18-22-47(23-19-33)21-14-10-2/h11-12,15,24-26,28-29,31,33,45-46H,4,6,8-10,13-14,16-23,27H2,1-3,5,7H3/b15-11-. The van der Waals surface area contributed by atoms with Crippen LogP contribution in [-0.4, -0.2) is 37.6 Å². The molecule has 4 nitrogen and oxygen atoms in total. The third-order valence-electron chi connectivity index (χ3n) is 10.9. The number of nitrogens with one attached hydrogen (secondary N) is 2. The van der Waals surface area contributed by atoms with Gasteiger partial charge in [-0.15, -0.1) is 0 Å². The number of hydrogen-bond acceptors (Lipinski definition) is 4. The molecular formula is C43H59FN4. The number of benzene rings is 2. The molecule has 0 aliphatic carbocycles. The van der Waals surface area contributed by atoms with Gasteiger partial charge in [-0.3, -0.25) is 0 Å². The molecular weight excluding hydrogens is 591 g/mol. The molecule has 2 unspecified atom stereocenters. The molecule has 0 radical (unpaired) electrons. The second kappa shape index (κ2) is 16.2. The molecule has 0 spiro atoms. The molecule has 0 amide bonds. The fraction of sp³-hybridized carbons (Fsp3) is 0.488. The third-order valence-corrected chi connectivity index (χ3v) is 10.9. The van der Waals surface area contributed by atoms with Crippen molar-refractivity contribution in [2.24, 2.45) is 11.8 Å². The molecule has 1 saturated heterocycles. The fourth-order valence-corrected chi connectivity index (χ4v) is 7.77. The first-order valence-electron chi connectivity index (χ1n) is 18.6. The highest BCUT2D eigenvalue weighted by Gasteiger charge is 2.37. The number of hydrogen-bond donors (Lipinski definition) is 2. The van der Waals surface area contributed by atoms with Gasteiger partial charge in [0.15, 0.2) is 0 Å². The summed E-state index contributed by atoms with van der Waals surface area (Å²) >= 11 is 0. The maximum Gasteiger partial charge on any atom is 0.147 e. The van der Waals surface area contributed by atoms with E-state index in [-0.39, 0.29) is 11.7 Å². The van der Waals surface area contributed by atoms with Gasteiger partial charge in [0.1, 0.15) is 5.82 Å². The first-order valence-corrected chi connectivity index (χ1v) is 18.6. The summed E-state index contributed by atoms with van der Waals surface area (Å²) in [6.45, 7) is 29.3. The third kappa shape index (κ3) is 7.52. The maximum absolute atomic E-state index is 16.5. The van der Waals surface area contributed by atoms with Crippen LogP contribution in [0.3, 0.4) is 0 Å². The van der Waals surface area contributed by atoms with Crippen LogP contribution >= 0.6 is 0 Å². The highest BCUT2D eigenvalue weighted by Crippen LogP contribution is 2.55. The van der Waals surface area contributed by atoms with Crippen molar-refractivity contribution < 1.29 is 4.39 Å². The first-order chi connectivity index (χ1) is 23.2. The Morgan fingerprint density at radius 2 is 1.83 bits per heavy atom. The van der Waals surface area contributed by atoms with Gasteiger partial charge in [-0.1, -0.05) is 91.3 Å². The number of allylic oxidation sites excluding steroid dienone is 2. The lowest BCUT2D eigenvalue weighted by atomic mass is 9.78. The number of likely N-dealkylation sites (tertiary alicyclic amines) is 1. The van der Waals surface area contributed by atoms with Crippen molar-refractivity contribution in [3.8, 4) is 0 Å². The maximum atomic E-state index is 16.5. The van der Waals surface area contributed by atoms with Gasteiger partial charge in [-0.25, -0.2) is 4.39 Å². The van der Waals surface area contributed by atoms with Gasteiger partial charge in [0.2, 0.25) is 0 Å². The lowest BCUT2D eigenvalue weighted by molar-refractivity contribution is 0.187. The Balaban J connectivity index is 1.50. The zero-order valence-electron chi connectivity index (χ0n) is 30.4. The minimum atomic E-state index is -0.209. The smallest absolute Gasteiger partial charge is 0.147 e. The molecule has 5 rings (SSSR count). The summed E-state index contributed by atoms with van der Waals surface area (Å²) in [5.74, 6) is 0.958. The summed E-state index contributed by atoms with van der Waals surface area (Å²) in [4.78, 5) is 4.86. The Morgan fingerprint density at radius 1 is 1.08 bits per heavy atom. The van der Waals surface area contributed by atoms with Crippen molar-refractivity contribution in [1.82, 2.24) is 10.2 Å². The van der Waals surface area contributed by atoms with Crippen LogP contribution in [0.25, 0.3) is 17.7 Å². The molecule has 2 aromatic carbocycles. The Labute approximate surface area is 290 Å². The predicted molar refractivity (Wildman–Crippen MR) is 207 cm³/mol. The number of halogens is 1. The van der Waals surface area contributed by atoms with Gasteiger partial charge < -0.3 is 20.4 Å². The number of piperidine rings is 1. The van der Waals surface area contributed by atoms with E-state index in [4.69, 9.17) is 0 Å². The van der Waals surface area contributed by atoms with E-state index in [1.165, 1.54) is 44.2 Å². The molecule has 3 aliphatic rings. The van der Waals surface area contributed by atoms with Crippen molar-refractivity contribution in [3.63, 3.8) is 0 Å². The Bertz CT molecular complexity index is 1560. The van der Waals surface area contributed by atoms with Gasteiger partial charge in [0, 0.05) is 47.6 Å². The summed E-state index contributed by atoms with van der Waals surface area (Å²) in [5, 5.41) is 7.25. The Hall–Kier alpha value is -3.57. The molecule has 258 valence electrons. The van der Waals surface area contributed by atoms with Crippen molar-refractivity contribution in [3.05, 3.63) is 95.1 Å². The molecule has 48 heavy (non-hydrogen) atoms. The van der Waals surface area contributed by atoms with Crippen LogP contribution in [0.15, 0.2) is 61.5 Å². The molecule has 0 saturated carbocycles. The van der Waals surface area contributed by atoms with E-state index < -0.39 is 0 Å². The SMILES string of the molecule is C=Cc1cc2c(cc1/C=C\C)N1C=C(C(=C)NCCC(C)CCCC)C(=C)c3cc(F)c(NCC4CCN(CCCC)CC4)c(c31)C2C. The topological polar surface area (TPSA) is 30.5 Å². The van der Waals surface area contributed by atoms with Crippen LogP contribution < -0.4 is 15.5 Å². The number of fused-ring (bicyclic) bond motifs is 2. The minimum Gasteiger partial charge on any atom is -0.385 e. The monoisotopic (exact) mass is 650 g/mol. The molecule has 1 fully saturated rings. The summed E-state index contributed by atoms with van der Waals surface area (Å²) in [6.07, 6.45) is 17.9. The zero-order chi connectivity index (χ0) is 34.4. The van der Waals surface area contributed by atoms with Gasteiger partial charge in [0.25, 0.3) is 0 Å². The summed E-state index contributed by atoms with van der Waals surface area (Å²) in [6, 6.07) is 6.21. The average molecular weight is 651 g/mol. The van der Waals surface area contributed by atoms with Crippen LogP contribution in [-0.2, 0) is 0 Å². The van der Waals surface area contributed by atoms with E-state index in [9.17, 15) is 0 Å². The van der Waals surface area contributed by atoms with Crippen LogP contribution in [0.5, 0.6) is 0 Å². The quantitative estimate of drug-likeness (QED) is 0.189. The van der Waals surface area contributed by atoms with Crippen LogP contribution in [0, 0.1) is 17.7 Å². The van der Waals surface area contributed by atoms with E-state index in [1.807, 2.05) is 13.0 Å². The average Bonchev–Trinajstić information content (AvgIpc) is 3.09. The Kier molecular flexibility index (Phi) is 12.1. The van der Waals surface area contributed by atoms with Gasteiger partial charge in [-0.05, 0) is 105 Å². The molecule has 2 aromatic rings. The Morgan fingerprint density at radius 3 is 2.52 bits per heavy atom. The predicted octanol–water partition coefficient (Wildman–Crippen LogP) is 11.3. The summed E-state index contributed by atoms with van der Waals surface area (Å²) in [7, 11) is 0. The van der Waals surface area contributed by atoms with Gasteiger partial charge in [0.05, 0.1) is 17.1 Å². The molecule has 3 aliphatic heterocycles. The minimum absolute atomic E-state index is 0.0221. The van der Waals surface area contributed by atoms with Gasteiger partial charge in [-0.2, -0.15) is 0 Å². The second-order valence-corrected chi connectivity index (χ2v) is 14.4. The molecule has 0 aromatic heterocycles. The number of nitrogens with zero attached hydrogens (tertiary/aromatic N) is 2. The van der Waals surface area contributed by atoms with Crippen LogP contribution in [0.1, 0.15) is 120 Å². The lowest BCUT2D eigenvalue weighted by Gasteiger charge is -2.41. The number of anilines is 3. The first kappa shape index (κ1) is 35.7. The molecule has 3 heterocycles. The van der Waals surface area contributed by atoms with Crippen molar-refractivity contribution in [2.45, 2.75) is 91.9 Å². The van der Waals surface area contributed by atoms with E-state index in [2.05, 4.69) is 98.3 Å². The number of rotatable bonds is 16. The lowest BCUT2D eigenvalue weighted by Crippen LogP contribution is -2.36. The fourth-order valence-electron chi connectivity index (χ4n) is 7.77. The largest absolute Gasteiger partial charge is 0.385 e. The highest BCUT2D eigenvalue weighted by molar-refractivity contribution is 6.00. The highest BCUT2D eigenvalue weighted by atomic mass is 19.1.